The lowest BCUT2D eigenvalue weighted by atomic mass is 10.0. The van der Waals surface area contributed by atoms with Crippen LogP contribution in [0.2, 0.25) is 0 Å². The predicted molar refractivity (Wildman–Crippen MR) is 93.1 cm³/mol. The van der Waals surface area contributed by atoms with Gasteiger partial charge in [0.1, 0.15) is 5.82 Å². The molecule has 3 aromatic rings. The summed E-state index contributed by atoms with van der Waals surface area (Å²) < 4.78 is 0.882. The minimum Gasteiger partial charge on any atom is -0.349 e. The number of nitrogens with zero attached hydrogens (tertiary/aromatic N) is 1. The predicted octanol–water partition coefficient (Wildman–Crippen LogP) is 3.89. The number of halogens is 1. The molecule has 0 aliphatic carbocycles. The molecule has 23 heavy (non-hydrogen) atoms. The van der Waals surface area contributed by atoms with E-state index in [4.69, 9.17) is 0 Å². The maximum absolute atomic E-state index is 12.5. The molecule has 0 spiro atoms. The minimum absolute atomic E-state index is 0.105. The molecule has 0 aliphatic heterocycles. The molecule has 2 N–H and O–H groups in total. The topological polar surface area (TPSA) is 57.8 Å². The highest BCUT2D eigenvalue weighted by Crippen LogP contribution is 2.18. The molecule has 0 fully saturated rings. The molecular formula is C18H16BrN3O. The smallest absolute Gasteiger partial charge is 0.251 e. The van der Waals surface area contributed by atoms with Crippen molar-refractivity contribution in [3.05, 3.63) is 88.4 Å². The molecule has 0 bridgehead atoms. The average molecular weight is 370 g/mol. The van der Waals surface area contributed by atoms with Crippen molar-refractivity contribution in [3.8, 4) is 0 Å². The van der Waals surface area contributed by atoms with Gasteiger partial charge in [0.25, 0.3) is 5.91 Å². The number of H-pyrrole nitrogens is 1. The Morgan fingerprint density at radius 3 is 2.70 bits per heavy atom. The maximum Gasteiger partial charge on any atom is 0.251 e. The SMILES string of the molecule is O=C(NC(Cc1ncc[nH]1)c1ccccc1)c1cccc(Br)c1. The molecule has 1 amide bonds. The molecule has 3 rings (SSSR count). The first-order valence-corrected chi connectivity index (χ1v) is 8.11. The monoisotopic (exact) mass is 369 g/mol. The van der Waals surface area contributed by atoms with E-state index in [1.807, 2.05) is 48.5 Å². The number of amides is 1. The standard InChI is InChI=1S/C18H16BrN3O/c19-15-8-4-7-14(11-15)18(23)22-16(12-17-20-9-10-21-17)13-5-2-1-3-6-13/h1-11,16H,12H2,(H,20,21)(H,22,23). The van der Waals surface area contributed by atoms with Gasteiger partial charge in [-0.3, -0.25) is 4.79 Å². The number of carbonyl (C=O) groups excluding carboxylic acids is 1. The number of hydrogen-bond acceptors (Lipinski definition) is 2. The minimum atomic E-state index is -0.145. The Morgan fingerprint density at radius 1 is 1.17 bits per heavy atom. The summed E-state index contributed by atoms with van der Waals surface area (Å²) in [6, 6.07) is 17.1. The third-order valence-corrected chi connectivity index (χ3v) is 4.04. The molecule has 0 aliphatic rings. The van der Waals surface area contributed by atoms with Crippen molar-refractivity contribution in [1.82, 2.24) is 15.3 Å². The van der Waals surface area contributed by atoms with Crippen molar-refractivity contribution in [3.63, 3.8) is 0 Å². The zero-order valence-corrected chi connectivity index (χ0v) is 14.0. The van der Waals surface area contributed by atoms with Crippen molar-refractivity contribution < 1.29 is 4.79 Å². The highest BCUT2D eigenvalue weighted by molar-refractivity contribution is 9.10. The van der Waals surface area contributed by atoms with Gasteiger partial charge in [0.05, 0.1) is 6.04 Å². The number of nitrogens with one attached hydrogen (secondary N) is 2. The molecule has 1 unspecified atom stereocenters. The average Bonchev–Trinajstić information content (AvgIpc) is 3.08. The first kappa shape index (κ1) is 15.5. The van der Waals surface area contributed by atoms with Gasteiger partial charge in [0.15, 0.2) is 0 Å². The number of rotatable bonds is 5. The van der Waals surface area contributed by atoms with Gasteiger partial charge < -0.3 is 10.3 Å². The van der Waals surface area contributed by atoms with Crippen LogP contribution in [0, 0.1) is 0 Å². The van der Waals surface area contributed by atoms with E-state index < -0.39 is 0 Å². The van der Waals surface area contributed by atoms with Crippen LogP contribution in [0.15, 0.2) is 71.5 Å². The summed E-state index contributed by atoms with van der Waals surface area (Å²) in [5.41, 5.74) is 1.67. The number of aromatic amines is 1. The highest BCUT2D eigenvalue weighted by atomic mass is 79.9. The van der Waals surface area contributed by atoms with Crippen LogP contribution in [0.3, 0.4) is 0 Å². The summed E-state index contributed by atoms with van der Waals surface area (Å²) >= 11 is 3.40. The first-order valence-electron chi connectivity index (χ1n) is 7.32. The lowest BCUT2D eigenvalue weighted by Gasteiger charge is -2.18. The molecule has 1 atom stereocenters. The van der Waals surface area contributed by atoms with Crippen LogP contribution in [0.25, 0.3) is 0 Å². The Bertz CT molecular complexity index is 772. The zero-order chi connectivity index (χ0) is 16.1. The normalized spacial score (nSPS) is 11.9. The van der Waals surface area contributed by atoms with E-state index in [9.17, 15) is 4.79 Å². The lowest BCUT2D eigenvalue weighted by molar-refractivity contribution is 0.0936. The number of carbonyl (C=O) groups is 1. The molecular weight excluding hydrogens is 354 g/mol. The van der Waals surface area contributed by atoms with Crippen LogP contribution < -0.4 is 5.32 Å². The number of hydrogen-bond donors (Lipinski definition) is 2. The van der Waals surface area contributed by atoms with Gasteiger partial charge in [0, 0.05) is 28.9 Å². The van der Waals surface area contributed by atoms with Crippen molar-refractivity contribution in [2.45, 2.75) is 12.5 Å². The van der Waals surface area contributed by atoms with Gasteiger partial charge in [-0.1, -0.05) is 52.3 Å². The molecule has 1 heterocycles. The molecule has 0 radical (unpaired) electrons. The van der Waals surface area contributed by atoms with E-state index in [0.29, 0.717) is 12.0 Å². The summed E-state index contributed by atoms with van der Waals surface area (Å²) in [4.78, 5) is 19.9. The number of benzene rings is 2. The fourth-order valence-electron chi connectivity index (χ4n) is 2.41. The van der Waals surface area contributed by atoms with E-state index in [1.54, 1.807) is 18.5 Å². The second-order valence-corrected chi connectivity index (χ2v) is 6.10. The summed E-state index contributed by atoms with van der Waals surface area (Å²) in [6.45, 7) is 0. The van der Waals surface area contributed by atoms with Crippen molar-refractivity contribution in [2.75, 3.05) is 0 Å². The molecule has 116 valence electrons. The summed E-state index contributed by atoms with van der Waals surface area (Å²) in [6.07, 6.45) is 4.11. The van der Waals surface area contributed by atoms with E-state index in [0.717, 1.165) is 15.9 Å². The Morgan fingerprint density at radius 2 is 2.00 bits per heavy atom. The number of aromatic nitrogens is 2. The first-order chi connectivity index (χ1) is 11.2. The van der Waals surface area contributed by atoms with Gasteiger partial charge in [-0.15, -0.1) is 0 Å². The summed E-state index contributed by atoms with van der Waals surface area (Å²) in [7, 11) is 0. The van der Waals surface area contributed by atoms with E-state index in [2.05, 4.69) is 31.2 Å². The van der Waals surface area contributed by atoms with Crippen LogP contribution in [0.5, 0.6) is 0 Å². The number of imidazole rings is 1. The van der Waals surface area contributed by atoms with Gasteiger partial charge in [-0.05, 0) is 23.8 Å². The van der Waals surface area contributed by atoms with Gasteiger partial charge in [0.2, 0.25) is 0 Å². The molecule has 1 aromatic heterocycles. The van der Waals surface area contributed by atoms with E-state index in [-0.39, 0.29) is 11.9 Å². The molecule has 2 aromatic carbocycles. The quantitative estimate of drug-likeness (QED) is 0.716. The third-order valence-electron chi connectivity index (χ3n) is 3.55. The molecule has 4 nitrogen and oxygen atoms in total. The van der Waals surface area contributed by atoms with Gasteiger partial charge in [-0.2, -0.15) is 0 Å². The van der Waals surface area contributed by atoms with Crippen LogP contribution in [0.4, 0.5) is 0 Å². The molecule has 0 saturated carbocycles. The lowest BCUT2D eigenvalue weighted by Crippen LogP contribution is -2.30. The molecule has 5 heteroatoms. The Labute approximate surface area is 143 Å². The van der Waals surface area contributed by atoms with Crippen molar-refractivity contribution in [1.29, 1.82) is 0 Å². The second-order valence-electron chi connectivity index (χ2n) is 5.19. The van der Waals surface area contributed by atoms with Crippen LogP contribution in [-0.2, 0) is 6.42 Å². The largest absolute Gasteiger partial charge is 0.349 e. The van der Waals surface area contributed by atoms with Gasteiger partial charge >= 0.3 is 0 Å². The Hall–Kier alpha value is -2.40. The Balaban J connectivity index is 1.82. The van der Waals surface area contributed by atoms with Crippen LogP contribution in [0.1, 0.15) is 27.8 Å². The van der Waals surface area contributed by atoms with Crippen molar-refractivity contribution in [2.24, 2.45) is 0 Å². The Kier molecular flexibility index (Phi) is 4.88. The fraction of sp³-hybridized carbons (Fsp3) is 0.111. The van der Waals surface area contributed by atoms with Crippen LogP contribution in [-0.4, -0.2) is 15.9 Å². The third kappa shape index (κ3) is 4.07. The molecule has 0 saturated heterocycles. The van der Waals surface area contributed by atoms with Crippen LogP contribution >= 0.6 is 15.9 Å². The fourth-order valence-corrected chi connectivity index (χ4v) is 2.81. The summed E-state index contributed by atoms with van der Waals surface area (Å²) in [5, 5.41) is 3.10. The van der Waals surface area contributed by atoms with Crippen molar-refractivity contribution >= 4 is 21.8 Å². The van der Waals surface area contributed by atoms with E-state index >= 15 is 0 Å². The zero-order valence-electron chi connectivity index (χ0n) is 12.4. The second kappa shape index (κ2) is 7.24. The highest BCUT2D eigenvalue weighted by Gasteiger charge is 2.17. The summed E-state index contributed by atoms with van der Waals surface area (Å²) in [5.74, 6) is 0.736. The van der Waals surface area contributed by atoms with E-state index in [1.165, 1.54) is 0 Å². The van der Waals surface area contributed by atoms with Gasteiger partial charge in [-0.25, -0.2) is 4.98 Å². The maximum atomic E-state index is 12.5.